The summed E-state index contributed by atoms with van der Waals surface area (Å²) in [6.07, 6.45) is 1.76. The Labute approximate surface area is 146 Å². The van der Waals surface area contributed by atoms with Crippen LogP contribution in [0.2, 0.25) is 0 Å². The van der Waals surface area contributed by atoms with Crippen molar-refractivity contribution in [3.05, 3.63) is 64.1 Å². The number of carbonyl (C=O) groups is 2. The summed E-state index contributed by atoms with van der Waals surface area (Å²) < 4.78 is 5.59. The van der Waals surface area contributed by atoms with Crippen LogP contribution in [0.4, 0.5) is 5.69 Å². The van der Waals surface area contributed by atoms with Gasteiger partial charge >= 0.3 is 0 Å². The van der Waals surface area contributed by atoms with Crippen molar-refractivity contribution in [2.45, 2.75) is 26.3 Å². The lowest BCUT2D eigenvalue weighted by Crippen LogP contribution is -2.22. The molecular formula is C19H20N2O4. The lowest BCUT2D eigenvalue weighted by atomic mass is 10.1. The zero-order valence-electron chi connectivity index (χ0n) is 14.0. The number of amides is 1. The third kappa shape index (κ3) is 5.84. The Morgan fingerprint density at radius 3 is 2.60 bits per heavy atom. The number of nitrogens with one attached hydrogen (secondary N) is 1. The number of aldehydes is 1. The Hall–Kier alpha value is -3.02. The number of rotatable bonds is 9. The van der Waals surface area contributed by atoms with Gasteiger partial charge in [-0.05, 0) is 60.0 Å². The average Bonchev–Trinajstić information content (AvgIpc) is 2.64. The molecule has 0 aliphatic heterocycles. The second-order valence-corrected chi connectivity index (χ2v) is 5.62. The molecule has 25 heavy (non-hydrogen) atoms. The van der Waals surface area contributed by atoms with Crippen molar-refractivity contribution >= 4 is 17.9 Å². The third-order valence-electron chi connectivity index (χ3n) is 3.72. The van der Waals surface area contributed by atoms with E-state index in [4.69, 9.17) is 4.74 Å². The minimum atomic E-state index is -0.0614. The predicted octanol–water partition coefficient (Wildman–Crippen LogP) is 3.68. The van der Waals surface area contributed by atoms with Crippen LogP contribution in [0, 0.1) is 11.8 Å². The van der Waals surface area contributed by atoms with Crippen molar-refractivity contribution in [1.82, 2.24) is 5.32 Å². The predicted molar refractivity (Wildman–Crippen MR) is 95.0 cm³/mol. The highest BCUT2D eigenvalue weighted by Gasteiger charge is 2.03. The Morgan fingerprint density at radius 1 is 1.20 bits per heavy atom. The number of nitrogens with zero attached hydrogens (tertiary/aromatic N) is 1. The van der Waals surface area contributed by atoms with Crippen LogP contribution in [-0.4, -0.2) is 18.8 Å². The number of hydrogen-bond donors (Lipinski definition) is 1. The molecule has 0 unspecified atom stereocenters. The fourth-order valence-corrected chi connectivity index (χ4v) is 2.26. The van der Waals surface area contributed by atoms with Crippen molar-refractivity contribution < 1.29 is 14.3 Å². The zero-order chi connectivity index (χ0) is 18.1. The molecule has 0 heterocycles. The van der Waals surface area contributed by atoms with Gasteiger partial charge in [0.1, 0.15) is 17.7 Å². The fraction of sp³-hybridized carbons (Fsp3) is 0.263. The van der Waals surface area contributed by atoms with Crippen LogP contribution in [0.1, 0.15) is 34.3 Å². The quantitative estimate of drug-likeness (QED) is 0.429. The van der Waals surface area contributed by atoms with Gasteiger partial charge < -0.3 is 10.1 Å². The van der Waals surface area contributed by atoms with Gasteiger partial charge in [0.2, 0.25) is 5.91 Å². The average molecular weight is 340 g/mol. The van der Waals surface area contributed by atoms with E-state index >= 15 is 0 Å². The summed E-state index contributed by atoms with van der Waals surface area (Å²) in [6.45, 7) is 2.68. The van der Waals surface area contributed by atoms with E-state index in [9.17, 15) is 14.5 Å². The van der Waals surface area contributed by atoms with Gasteiger partial charge in [0.05, 0.1) is 6.61 Å². The molecule has 6 nitrogen and oxygen atoms in total. The minimum Gasteiger partial charge on any atom is -0.494 e. The smallest absolute Gasteiger partial charge is 0.220 e. The fourth-order valence-electron chi connectivity index (χ4n) is 2.26. The largest absolute Gasteiger partial charge is 0.494 e. The van der Waals surface area contributed by atoms with Crippen LogP contribution in [0.15, 0.2) is 47.6 Å². The van der Waals surface area contributed by atoms with Gasteiger partial charge in [-0.25, -0.2) is 0 Å². The molecule has 0 aromatic heterocycles. The lowest BCUT2D eigenvalue weighted by molar-refractivity contribution is -0.121. The van der Waals surface area contributed by atoms with Crippen molar-refractivity contribution in [2.24, 2.45) is 5.18 Å². The number of hydrogen-bond acceptors (Lipinski definition) is 5. The van der Waals surface area contributed by atoms with E-state index in [2.05, 4.69) is 10.5 Å². The van der Waals surface area contributed by atoms with E-state index in [1.807, 2.05) is 13.0 Å². The van der Waals surface area contributed by atoms with Crippen molar-refractivity contribution in [1.29, 1.82) is 0 Å². The maximum Gasteiger partial charge on any atom is 0.220 e. The molecule has 0 radical (unpaired) electrons. The Balaban J connectivity index is 1.67. The molecule has 0 bridgehead atoms. The molecule has 0 atom stereocenters. The van der Waals surface area contributed by atoms with Crippen molar-refractivity contribution in [2.75, 3.05) is 6.61 Å². The molecule has 2 rings (SSSR count). The maximum atomic E-state index is 11.8. The summed E-state index contributed by atoms with van der Waals surface area (Å²) in [5.74, 6) is 0.626. The normalized spacial score (nSPS) is 10.1. The monoisotopic (exact) mass is 340 g/mol. The van der Waals surface area contributed by atoms with Crippen LogP contribution in [0.3, 0.4) is 0 Å². The highest BCUT2D eigenvalue weighted by molar-refractivity contribution is 5.77. The van der Waals surface area contributed by atoms with E-state index in [-0.39, 0.29) is 5.91 Å². The first-order valence-electron chi connectivity index (χ1n) is 8.00. The minimum absolute atomic E-state index is 0.0614. The second kappa shape index (κ2) is 9.32. The number of aryl methyl sites for hydroxylation is 1. The highest BCUT2D eigenvalue weighted by atomic mass is 16.5. The van der Waals surface area contributed by atoms with Crippen LogP contribution in [0.25, 0.3) is 0 Å². The molecule has 1 N–H and O–H groups in total. The van der Waals surface area contributed by atoms with Crippen LogP contribution >= 0.6 is 0 Å². The first kappa shape index (κ1) is 18.3. The summed E-state index contributed by atoms with van der Waals surface area (Å²) in [5, 5.41) is 5.65. The Kier molecular flexibility index (Phi) is 6.83. The molecule has 0 saturated heterocycles. The van der Waals surface area contributed by atoms with Crippen LogP contribution in [-0.2, 0) is 11.3 Å². The SMILES string of the molecule is Cc1cc(OCCCC(=O)NCc2ccc(N=O)cc2)ccc1C=O. The summed E-state index contributed by atoms with van der Waals surface area (Å²) in [4.78, 5) is 32.9. The number of carbonyl (C=O) groups excluding carboxylic acids is 2. The molecule has 6 heteroatoms. The van der Waals surface area contributed by atoms with Gasteiger partial charge in [-0.15, -0.1) is 4.91 Å². The number of benzene rings is 2. The van der Waals surface area contributed by atoms with Crippen LogP contribution < -0.4 is 10.1 Å². The molecule has 2 aromatic carbocycles. The Bertz CT molecular complexity index is 742. The standard InChI is InChI=1S/C19H20N2O4/c1-14-11-18(9-6-16(14)13-22)25-10-2-3-19(23)20-12-15-4-7-17(21-24)8-5-15/h4-9,11,13H,2-3,10,12H2,1H3,(H,20,23). The van der Waals surface area contributed by atoms with Crippen LogP contribution in [0.5, 0.6) is 5.75 Å². The topological polar surface area (TPSA) is 84.8 Å². The molecule has 0 spiro atoms. The van der Waals surface area contributed by atoms with E-state index in [1.165, 1.54) is 0 Å². The summed E-state index contributed by atoms with van der Waals surface area (Å²) in [7, 11) is 0. The van der Waals surface area contributed by atoms with Gasteiger partial charge in [0, 0.05) is 18.5 Å². The van der Waals surface area contributed by atoms with E-state index in [0.717, 1.165) is 17.4 Å². The first-order chi connectivity index (χ1) is 12.1. The molecule has 130 valence electrons. The van der Waals surface area contributed by atoms with Gasteiger partial charge in [-0.3, -0.25) is 9.59 Å². The molecule has 0 fully saturated rings. The lowest BCUT2D eigenvalue weighted by Gasteiger charge is -2.08. The summed E-state index contributed by atoms with van der Waals surface area (Å²) in [6, 6.07) is 12.0. The number of nitroso groups, excluding NO2 is 1. The molecule has 0 aliphatic rings. The molecule has 1 amide bonds. The zero-order valence-corrected chi connectivity index (χ0v) is 14.0. The summed E-state index contributed by atoms with van der Waals surface area (Å²) in [5.41, 5.74) is 2.77. The third-order valence-corrected chi connectivity index (χ3v) is 3.72. The number of ether oxygens (including phenoxy) is 1. The second-order valence-electron chi connectivity index (χ2n) is 5.62. The molecule has 0 aliphatic carbocycles. The van der Waals surface area contributed by atoms with E-state index in [1.54, 1.807) is 36.4 Å². The van der Waals surface area contributed by atoms with Crippen molar-refractivity contribution in [3.63, 3.8) is 0 Å². The van der Waals surface area contributed by atoms with E-state index in [0.29, 0.717) is 43.0 Å². The van der Waals surface area contributed by atoms with E-state index < -0.39 is 0 Å². The molecular weight excluding hydrogens is 320 g/mol. The van der Waals surface area contributed by atoms with Crippen molar-refractivity contribution in [3.8, 4) is 5.75 Å². The summed E-state index contributed by atoms with van der Waals surface area (Å²) >= 11 is 0. The van der Waals surface area contributed by atoms with Gasteiger partial charge in [-0.2, -0.15) is 0 Å². The van der Waals surface area contributed by atoms with Gasteiger partial charge in [0.25, 0.3) is 0 Å². The Morgan fingerprint density at radius 2 is 1.96 bits per heavy atom. The molecule has 2 aromatic rings. The van der Waals surface area contributed by atoms with Gasteiger partial charge in [-0.1, -0.05) is 12.1 Å². The van der Waals surface area contributed by atoms with Gasteiger partial charge in [0.15, 0.2) is 0 Å². The highest BCUT2D eigenvalue weighted by Crippen LogP contribution is 2.16. The molecule has 0 saturated carbocycles. The first-order valence-corrected chi connectivity index (χ1v) is 8.00. The maximum absolute atomic E-state index is 11.8.